The molecule has 0 bridgehead atoms. The molecule has 28 heavy (non-hydrogen) atoms. The average molecular weight is 405 g/mol. The molecule has 0 aromatic carbocycles. The Morgan fingerprint density at radius 1 is 1.25 bits per heavy atom. The number of allylic oxidation sites excluding steroid dienone is 2. The third-order valence-electron chi connectivity index (χ3n) is 3.78. The van der Waals surface area contributed by atoms with Gasteiger partial charge in [0.15, 0.2) is 4.91 Å². The number of urea groups is 1. The molecule has 10 heteroatoms. The van der Waals surface area contributed by atoms with E-state index in [2.05, 4.69) is 28.5 Å². The number of nitrogens with zero attached hydrogens (tertiary/aromatic N) is 2. The quantitative estimate of drug-likeness (QED) is 0.664. The van der Waals surface area contributed by atoms with E-state index in [4.69, 9.17) is 10.5 Å². The van der Waals surface area contributed by atoms with Gasteiger partial charge in [-0.3, -0.25) is 9.98 Å². The van der Waals surface area contributed by atoms with Gasteiger partial charge < -0.3 is 15.8 Å². The molecule has 1 aliphatic rings. The van der Waals surface area contributed by atoms with E-state index in [1.54, 1.807) is 13.8 Å². The summed E-state index contributed by atoms with van der Waals surface area (Å²) in [5.74, 6) is -0.122. The zero-order valence-corrected chi connectivity index (χ0v) is 16.6. The van der Waals surface area contributed by atoms with Gasteiger partial charge in [0.1, 0.15) is 0 Å². The predicted molar refractivity (Wildman–Crippen MR) is 110 cm³/mol. The van der Waals surface area contributed by atoms with E-state index >= 15 is 0 Å². The summed E-state index contributed by atoms with van der Waals surface area (Å²) in [5, 5.41) is 2.54. The highest BCUT2D eigenvalue weighted by Gasteiger charge is 2.28. The van der Waals surface area contributed by atoms with E-state index in [-0.39, 0.29) is 5.90 Å². The zero-order valence-electron chi connectivity index (χ0n) is 15.8. The summed E-state index contributed by atoms with van der Waals surface area (Å²) >= 11 is 0. The minimum Gasteiger partial charge on any atom is -0.477 e. The normalized spacial score (nSPS) is 14.5. The number of carbonyl (C=O) groups excluding carboxylic acids is 1. The molecule has 2 amide bonds. The fourth-order valence-electron chi connectivity index (χ4n) is 2.44. The summed E-state index contributed by atoms with van der Waals surface area (Å²) in [4.78, 5) is 20.1. The van der Waals surface area contributed by atoms with Crippen LogP contribution in [-0.2, 0) is 14.8 Å². The molecule has 0 unspecified atom stereocenters. The first-order chi connectivity index (χ1) is 13.2. The number of aliphatic imine (C=N–C) groups is 1. The molecule has 1 aliphatic heterocycles. The highest BCUT2D eigenvalue weighted by molar-refractivity contribution is 7.94. The molecule has 2 heterocycles. The van der Waals surface area contributed by atoms with E-state index in [1.807, 2.05) is 4.72 Å². The maximum Gasteiger partial charge on any atom is 0.333 e. The highest BCUT2D eigenvalue weighted by Crippen LogP contribution is 2.29. The maximum atomic E-state index is 12.6. The van der Waals surface area contributed by atoms with Gasteiger partial charge in [-0.05, 0) is 25.0 Å². The number of ether oxygens (including phenoxy) is 1. The zero-order chi connectivity index (χ0) is 20.9. The molecule has 0 fully saturated rings. The molecule has 150 valence electrons. The minimum absolute atomic E-state index is 0.122. The number of anilines is 1. The van der Waals surface area contributed by atoms with Crippen molar-refractivity contribution in [2.75, 3.05) is 18.5 Å². The standard InChI is InChI=1S/C18H23N5O4S/c1-11(2)13-9-20-10-14(12(3)4)16(13)22-18(24)23-28(25,26)15(8-19)17-21-6-5-7-27-17/h8-10H,1,3,5-7,19H2,2,4H3,(H2,20,22,23,24)/b15-8+. The first kappa shape index (κ1) is 21.2. The number of hydrogen-bond acceptors (Lipinski definition) is 7. The number of hydrogen-bond donors (Lipinski definition) is 3. The minimum atomic E-state index is -4.30. The third-order valence-corrected chi connectivity index (χ3v) is 5.12. The number of rotatable bonds is 6. The van der Waals surface area contributed by atoms with E-state index in [0.717, 1.165) is 6.20 Å². The van der Waals surface area contributed by atoms with Gasteiger partial charge in [0.05, 0.1) is 12.3 Å². The van der Waals surface area contributed by atoms with Crippen LogP contribution in [0.2, 0.25) is 0 Å². The summed E-state index contributed by atoms with van der Waals surface area (Å²) < 4.78 is 32.3. The van der Waals surface area contributed by atoms with Crippen LogP contribution in [0.25, 0.3) is 11.1 Å². The Bertz CT molecular complexity index is 947. The monoisotopic (exact) mass is 405 g/mol. The van der Waals surface area contributed by atoms with Gasteiger partial charge in [-0.15, -0.1) is 0 Å². The molecular formula is C18H23N5O4S. The number of amides is 2. The summed E-state index contributed by atoms with van der Waals surface area (Å²) in [6.45, 7) is 11.9. The lowest BCUT2D eigenvalue weighted by Crippen LogP contribution is -2.38. The molecule has 0 aliphatic carbocycles. The Kier molecular flexibility index (Phi) is 6.57. The van der Waals surface area contributed by atoms with Gasteiger partial charge in [-0.2, -0.15) is 0 Å². The fourth-order valence-corrected chi connectivity index (χ4v) is 3.38. The molecule has 4 N–H and O–H groups in total. The Balaban J connectivity index is 2.30. The van der Waals surface area contributed by atoms with Crippen molar-refractivity contribution in [3.8, 4) is 0 Å². The molecule has 1 aromatic heterocycles. The van der Waals surface area contributed by atoms with Crippen LogP contribution in [0.4, 0.5) is 10.5 Å². The molecule has 2 rings (SSSR count). The molecule has 0 saturated heterocycles. The number of carbonyl (C=O) groups is 1. The second-order valence-electron chi connectivity index (χ2n) is 6.15. The van der Waals surface area contributed by atoms with E-state index in [0.29, 0.717) is 47.5 Å². The fraction of sp³-hybridized carbons (Fsp3) is 0.278. The second kappa shape index (κ2) is 8.70. The molecule has 1 aromatic rings. The lowest BCUT2D eigenvalue weighted by Gasteiger charge is -2.18. The number of nitrogens with one attached hydrogen (secondary N) is 2. The Labute approximate surface area is 164 Å². The summed E-state index contributed by atoms with van der Waals surface area (Å²) in [7, 11) is -4.30. The van der Waals surface area contributed by atoms with Gasteiger partial charge in [0.2, 0.25) is 5.90 Å². The van der Waals surface area contributed by atoms with Crippen LogP contribution in [0, 0.1) is 0 Å². The topological polar surface area (TPSA) is 136 Å². The van der Waals surface area contributed by atoms with Crippen LogP contribution in [0.1, 0.15) is 31.4 Å². The Hall–Kier alpha value is -3.14. The predicted octanol–water partition coefficient (Wildman–Crippen LogP) is 2.22. The molecule has 9 nitrogen and oxygen atoms in total. The van der Waals surface area contributed by atoms with Crippen LogP contribution < -0.4 is 15.8 Å². The average Bonchev–Trinajstić information content (AvgIpc) is 2.62. The largest absolute Gasteiger partial charge is 0.477 e. The number of nitrogens with two attached hydrogens (primary N) is 1. The van der Waals surface area contributed by atoms with Crippen molar-refractivity contribution in [1.82, 2.24) is 9.71 Å². The smallest absolute Gasteiger partial charge is 0.333 e. The maximum absolute atomic E-state index is 12.6. The van der Waals surface area contributed by atoms with Crippen molar-refractivity contribution in [2.24, 2.45) is 10.7 Å². The van der Waals surface area contributed by atoms with E-state index in [1.165, 1.54) is 12.4 Å². The van der Waals surface area contributed by atoms with Crippen LogP contribution in [0.5, 0.6) is 0 Å². The van der Waals surface area contributed by atoms with E-state index in [9.17, 15) is 13.2 Å². The number of sulfonamides is 1. The molecule has 0 radical (unpaired) electrons. The molecule has 0 spiro atoms. The van der Waals surface area contributed by atoms with Crippen LogP contribution in [0.3, 0.4) is 0 Å². The van der Waals surface area contributed by atoms with E-state index < -0.39 is 21.0 Å². The van der Waals surface area contributed by atoms with Crippen LogP contribution in [-0.4, -0.2) is 38.5 Å². The molecule has 0 atom stereocenters. The second-order valence-corrected chi connectivity index (χ2v) is 7.80. The summed E-state index contributed by atoms with van der Waals surface area (Å²) in [5.41, 5.74) is 8.19. The van der Waals surface area contributed by atoms with Gasteiger partial charge in [0, 0.05) is 42.7 Å². The molecule has 0 saturated carbocycles. The van der Waals surface area contributed by atoms with Crippen molar-refractivity contribution < 1.29 is 17.9 Å². The third kappa shape index (κ3) is 4.77. The Morgan fingerprint density at radius 3 is 2.32 bits per heavy atom. The van der Waals surface area contributed by atoms with Crippen molar-refractivity contribution in [2.45, 2.75) is 20.3 Å². The van der Waals surface area contributed by atoms with Crippen LogP contribution in [0.15, 0.2) is 41.6 Å². The first-order valence-corrected chi connectivity index (χ1v) is 9.88. The number of aromatic nitrogens is 1. The summed E-state index contributed by atoms with van der Waals surface area (Å²) in [6.07, 6.45) is 4.55. The lowest BCUT2D eigenvalue weighted by atomic mass is 10.0. The van der Waals surface area contributed by atoms with Gasteiger partial charge in [0.25, 0.3) is 10.0 Å². The van der Waals surface area contributed by atoms with Crippen molar-refractivity contribution in [3.63, 3.8) is 0 Å². The lowest BCUT2D eigenvalue weighted by molar-refractivity contribution is 0.256. The summed E-state index contributed by atoms with van der Waals surface area (Å²) in [6, 6.07) is -0.980. The molecular weight excluding hydrogens is 382 g/mol. The SMILES string of the molecule is C=C(C)c1cncc(C(=C)C)c1NC(=O)NS(=O)(=O)/C(=C/N)C1=NCCCO1. The van der Waals surface area contributed by atoms with Gasteiger partial charge in [-0.1, -0.05) is 13.2 Å². The number of pyridine rings is 1. The van der Waals surface area contributed by atoms with Crippen LogP contribution >= 0.6 is 0 Å². The van der Waals surface area contributed by atoms with Crippen molar-refractivity contribution in [3.05, 3.63) is 47.8 Å². The van der Waals surface area contributed by atoms with Crippen molar-refractivity contribution >= 4 is 38.8 Å². The Morgan fingerprint density at radius 2 is 1.86 bits per heavy atom. The van der Waals surface area contributed by atoms with Gasteiger partial charge >= 0.3 is 6.03 Å². The van der Waals surface area contributed by atoms with Gasteiger partial charge in [-0.25, -0.2) is 17.9 Å². The first-order valence-electron chi connectivity index (χ1n) is 8.40. The van der Waals surface area contributed by atoms with Crippen molar-refractivity contribution in [1.29, 1.82) is 0 Å². The highest BCUT2D eigenvalue weighted by atomic mass is 32.2.